The second-order valence-corrected chi connectivity index (χ2v) is 7.02. The number of aromatic nitrogens is 2. The molecule has 1 aliphatic rings. The van der Waals surface area contributed by atoms with Crippen LogP contribution in [0.4, 0.5) is 0 Å². The van der Waals surface area contributed by atoms with Crippen LogP contribution >= 0.6 is 24.0 Å². The van der Waals surface area contributed by atoms with E-state index in [2.05, 4.69) is 52.6 Å². The molecule has 1 fully saturated rings. The third kappa shape index (κ3) is 6.77. The van der Waals surface area contributed by atoms with E-state index in [1.807, 2.05) is 18.8 Å². The van der Waals surface area contributed by atoms with Gasteiger partial charge in [0.25, 0.3) is 0 Å². The molecule has 2 rings (SSSR count). The van der Waals surface area contributed by atoms with Gasteiger partial charge in [-0.2, -0.15) is 5.10 Å². The van der Waals surface area contributed by atoms with Crippen molar-refractivity contribution in [3.63, 3.8) is 0 Å². The SMILES string of the molecule is CCNC(=NCCNC(=O)C1CC1)N(C)Cc1cn(C)nc1C(C)C.I. The van der Waals surface area contributed by atoms with E-state index in [0.29, 0.717) is 19.0 Å². The predicted molar refractivity (Wildman–Crippen MR) is 116 cm³/mol. The van der Waals surface area contributed by atoms with Crippen LogP contribution in [0, 0.1) is 5.92 Å². The number of rotatable bonds is 8. The molecule has 0 radical (unpaired) electrons. The molecule has 0 unspecified atom stereocenters. The molecule has 0 saturated heterocycles. The number of aliphatic imine (C=N–C) groups is 1. The summed E-state index contributed by atoms with van der Waals surface area (Å²) in [6.07, 6.45) is 4.14. The summed E-state index contributed by atoms with van der Waals surface area (Å²) in [4.78, 5) is 18.4. The molecule has 1 aromatic heterocycles. The number of nitrogens with one attached hydrogen (secondary N) is 2. The van der Waals surface area contributed by atoms with Crippen LogP contribution in [0.2, 0.25) is 0 Å². The van der Waals surface area contributed by atoms with Gasteiger partial charge in [0.15, 0.2) is 5.96 Å². The molecule has 1 saturated carbocycles. The van der Waals surface area contributed by atoms with Crippen LogP contribution in [0.5, 0.6) is 0 Å². The van der Waals surface area contributed by atoms with Gasteiger partial charge in [0.05, 0.1) is 12.2 Å². The zero-order chi connectivity index (χ0) is 18.4. The molecule has 0 bridgehead atoms. The van der Waals surface area contributed by atoms with Gasteiger partial charge in [0.2, 0.25) is 5.91 Å². The van der Waals surface area contributed by atoms with Crippen molar-refractivity contribution in [1.29, 1.82) is 0 Å². The van der Waals surface area contributed by atoms with E-state index in [-0.39, 0.29) is 35.8 Å². The summed E-state index contributed by atoms with van der Waals surface area (Å²) in [7, 11) is 3.98. The second kappa shape index (κ2) is 10.7. The van der Waals surface area contributed by atoms with Crippen molar-refractivity contribution in [2.75, 3.05) is 26.7 Å². The lowest BCUT2D eigenvalue weighted by Gasteiger charge is -2.22. The summed E-state index contributed by atoms with van der Waals surface area (Å²) in [5, 5.41) is 10.8. The smallest absolute Gasteiger partial charge is 0.223 e. The maximum atomic E-state index is 11.7. The van der Waals surface area contributed by atoms with E-state index in [1.165, 1.54) is 5.56 Å². The first-order valence-electron chi connectivity index (χ1n) is 9.22. The van der Waals surface area contributed by atoms with Crippen LogP contribution in [0.15, 0.2) is 11.2 Å². The van der Waals surface area contributed by atoms with E-state index in [0.717, 1.165) is 37.6 Å². The number of amides is 1. The first-order valence-corrected chi connectivity index (χ1v) is 9.22. The summed E-state index contributed by atoms with van der Waals surface area (Å²) >= 11 is 0. The van der Waals surface area contributed by atoms with Gasteiger partial charge >= 0.3 is 0 Å². The molecule has 8 heteroatoms. The van der Waals surface area contributed by atoms with Crippen LogP contribution in [0.1, 0.15) is 50.8 Å². The molecule has 1 aliphatic carbocycles. The quantitative estimate of drug-likeness (QED) is 0.261. The van der Waals surface area contributed by atoms with E-state index in [1.54, 1.807) is 0 Å². The minimum absolute atomic E-state index is 0. The zero-order valence-corrected chi connectivity index (χ0v) is 18.9. The van der Waals surface area contributed by atoms with Crippen LogP contribution < -0.4 is 10.6 Å². The molecule has 0 aromatic carbocycles. The lowest BCUT2D eigenvalue weighted by atomic mass is 10.1. The van der Waals surface area contributed by atoms with Crippen molar-refractivity contribution < 1.29 is 4.79 Å². The van der Waals surface area contributed by atoms with Crippen molar-refractivity contribution in [2.24, 2.45) is 18.0 Å². The van der Waals surface area contributed by atoms with Gasteiger partial charge in [-0.1, -0.05) is 13.8 Å². The van der Waals surface area contributed by atoms with Crippen molar-refractivity contribution in [2.45, 2.75) is 46.1 Å². The fourth-order valence-corrected chi connectivity index (χ4v) is 2.79. The average Bonchev–Trinajstić information content (AvgIpc) is 3.33. The van der Waals surface area contributed by atoms with E-state index in [4.69, 9.17) is 0 Å². The predicted octanol–water partition coefficient (Wildman–Crippen LogP) is 2.08. The minimum Gasteiger partial charge on any atom is -0.357 e. The third-order valence-corrected chi connectivity index (χ3v) is 4.21. The van der Waals surface area contributed by atoms with Crippen molar-refractivity contribution in [3.8, 4) is 0 Å². The molecular formula is C18H33IN6O. The molecule has 1 amide bonds. The van der Waals surface area contributed by atoms with Crippen LogP contribution in [-0.4, -0.2) is 53.2 Å². The minimum atomic E-state index is 0. The number of nitrogens with zero attached hydrogens (tertiary/aromatic N) is 4. The zero-order valence-electron chi connectivity index (χ0n) is 16.6. The highest BCUT2D eigenvalue weighted by molar-refractivity contribution is 14.0. The summed E-state index contributed by atoms with van der Waals surface area (Å²) in [5.41, 5.74) is 2.34. The average molecular weight is 476 g/mol. The molecule has 0 aliphatic heterocycles. The fourth-order valence-electron chi connectivity index (χ4n) is 2.79. The Morgan fingerprint density at radius 3 is 2.69 bits per heavy atom. The van der Waals surface area contributed by atoms with Crippen molar-refractivity contribution in [3.05, 3.63) is 17.5 Å². The number of carbonyl (C=O) groups excluding carboxylic acids is 1. The fraction of sp³-hybridized carbons (Fsp3) is 0.722. The van der Waals surface area contributed by atoms with Gasteiger partial charge in [0, 0.05) is 51.4 Å². The Morgan fingerprint density at radius 1 is 1.42 bits per heavy atom. The van der Waals surface area contributed by atoms with Gasteiger partial charge in [-0.15, -0.1) is 24.0 Å². The first kappa shape index (κ1) is 22.7. The highest BCUT2D eigenvalue weighted by Crippen LogP contribution is 2.28. The summed E-state index contributed by atoms with van der Waals surface area (Å²) in [6.45, 7) is 9.10. The Kier molecular flexibility index (Phi) is 9.38. The van der Waals surface area contributed by atoms with Gasteiger partial charge in [0.1, 0.15) is 0 Å². The lowest BCUT2D eigenvalue weighted by molar-refractivity contribution is -0.122. The highest BCUT2D eigenvalue weighted by atomic mass is 127. The Hall–Kier alpha value is -1.32. The van der Waals surface area contributed by atoms with Crippen LogP contribution in [0.3, 0.4) is 0 Å². The van der Waals surface area contributed by atoms with E-state index in [9.17, 15) is 4.79 Å². The number of halogens is 1. The summed E-state index contributed by atoms with van der Waals surface area (Å²) in [6, 6.07) is 0. The number of aryl methyl sites for hydroxylation is 1. The van der Waals surface area contributed by atoms with Crippen molar-refractivity contribution in [1.82, 2.24) is 25.3 Å². The van der Waals surface area contributed by atoms with Gasteiger partial charge < -0.3 is 15.5 Å². The summed E-state index contributed by atoms with van der Waals surface area (Å²) in [5.74, 6) is 1.66. The Morgan fingerprint density at radius 2 is 2.12 bits per heavy atom. The summed E-state index contributed by atoms with van der Waals surface area (Å²) < 4.78 is 1.87. The standard InChI is InChI=1S/C18H32N6O.HI/c1-6-19-18(21-10-9-20-17(25)14-7-8-14)23(4)11-15-12-24(5)22-16(15)13(2)3;/h12-14H,6-11H2,1-5H3,(H,19,21)(H,20,25);1H. The topological polar surface area (TPSA) is 74.6 Å². The molecule has 0 atom stereocenters. The highest BCUT2D eigenvalue weighted by Gasteiger charge is 2.28. The maximum absolute atomic E-state index is 11.7. The molecule has 148 valence electrons. The molecular weight excluding hydrogens is 443 g/mol. The van der Waals surface area contributed by atoms with Gasteiger partial charge in [-0.05, 0) is 25.7 Å². The number of guanidine groups is 1. The largest absolute Gasteiger partial charge is 0.357 e. The molecule has 26 heavy (non-hydrogen) atoms. The lowest BCUT2D eigenvalue weighted by Crippen LogP contribution is -2.39. The monoisotopic (exact) mass is 476 g/mol. The maximum Gasteiger partial charge on any atom is 0.223 e. The molecule has 2 N–H and O–H groups in total. The van der Waals surface area contributed by atoms with E-state index >= 15 is 0 Å². The normalized spacial score (nSPS) is 14.2. The molecule has 1 heterocycles. The van der Waals surface area contributed by atoms with Gasteiger partial charge in [-0.3, -0.25) is 14.5 Å². The van der Waals surface area contributed by atoms with Crippen LogP contribution in [-0.2, 0) is 18.4 Å². The first-order chi connectivity index (χ1) is 11.9. The second-order valence-electron chi connectivity index (χ2n) is 7.02. The van der Waals surface area contributed by atoms with E-state index < -0.39 is 0 Å². The number of carbonyl (C=O) groups is 1. The molecule has 1 aromatic rings. The number of hydrogen-bond donors (Lipinski definition) is 2. The van der Waals surface area contributed by atoms with Crippen molar-refractivity contribution >= 4 is 35.8 Å². The Balaban J connectivity index is 0.00000338. The van der Waals surface area contributed by atoms with Crippen LogP contribution in [0.25, 0.3) is 0 Å². The Labute approximate surface area is 174 Å². The third-order valence-electron chi connectivity index (χ3n) is 4.21. The molecule has 0 spiro atoms. The van der Waals surface area contributed by atoms with Gasteiger partial charge in [-0.25, -0.2) is 0 Å². The number of hydrogen-bond acceptors (Lipinski definition) is 3. The Bertz CT molecular complexity index is 609. The molecule has 7 nitrogen and oxygen atoms in total.